The highest BCUT2D eigenvalue weighted by molar-refractivity contribution is 5.15. The Morgan fingerprint density at radius 1 is 1.24 bits per heavy atom. The SMILES string of the molecule is C=CCCC1(O)CC2COCC(C1)N2Cc1ccccc1. The maximum absolute atomic E-state index is 10.9. The standard InChI is InChI=1S/C18H25NO2/c1-2-3-9-18(20)10-16-13-21-14-17(11-18)19(16)12-15-7-5-4-6-8-15/h2,4-8,16-17,20H,1,3,9-14H2. The van der Waals surface area contributed by atoms with Crippen LogP contribution in [0, 0.1) is 0 Å². The largest absolute Gasteiger partial charge is 0.390 e. The Labute approximate surface area is 127 Å². The van der Waals surface area contributed by atoms with E-state index >= 15 is 0 Å². The van der Waals surface area contributed by atoms with Gasteiger partial charge in [-0.05, 0) is 31.2 Å². The van der Waals surface area contributed by atoms with Gasteiger partial charge in [0.25, 0.3) is 0 Å². The monoisotopic (exact) mass is 287 g/mol. The van der Waals surface area contributed by atoms with Crippen molar-refractivity contribution in [1.29, 1.82) is 0 Å². The molecule has 0 saturated carbocycles. The summed E-state index contributed by atoms with van der Waals surface area (Å²) in [6.07, 6.45) is 5.23. The molecule has 3 rings (SSSR count). The Morgan fingerprint density at radius 2 is 1.90 bits per heavy atom. The third-order valence-corrected chi connectivity index (χ3v) is 4.81. The first-order chi connectivity index (χ1) is 10.2. The lowest BCUT2D eigenvalue weighted by Crippen LogP contribution is -2.61. The fourth-order valence-corrected chi connectivity index (χ4v) is 3.77. The number of rotatable bonds is 5. The fraction of sp³-hybridized carbons (Fsp3) is 0.556. The molecule has 2 fully saturated rings. The van der Waals surface area contributed by atoms with Gasteiger partial charge < -0.3 is 9.84 Å². The second-order valence-corrected chi connectivity index (χ2v) is 6.46. The number of nitrogens with zero attached hydrogens (tertiary/aromatic N) is 1. The van der Waals surface area contributed by atoms with Crippen LogP contribution in [0.5, 0.6) is 0 Å². The molecule has 2 saturated heterocycles. The Bertz CT molecular complexity index is 459. The van der Waals surface area contributed by atoms with Gasteiger partial charge in [-0.25, -0.2) is 0 Å². The minimum absolute atomic E-state index is 0.326. The second-order valence-electron chi connectivity index (χ2n) is 6.46. The number of ether oxygens (including phenoxy) is 1. The summed E-state index contributed by atoms with van der Waals surface area (Å²) in [5.41, 5.74) is 0.798. The van der Waals surface area contributed by atoms with Crippen LogP contribution in [0.3, 0.4) is 0 Å². The van der Waals surface area contributed by atoms with Crippen LogP contribution in [0.2, 0.25) is 0 Å². The highest BCUT2D eigenvalue weighted by Crippen LogP contribution is 2.37. The summed E-state index contributed by atoms with van der Waals surface area (Å²) in [6.45, 7) is 6.20. The van der Waals surface area contributed by atoms with E-state index in [1.54, 1.807) is 0 Å². The second kappa shape index (κ2) is 6.30. The molecule has 2 aliphatic rings. The van der Waals surface area contributed by atoms with Crippen LogP contribution >= 0.6 is 0 Å². The van der Waals surface area contributed by atoms with Crippen molar-refractivity contribution in [3.8, 4) is 0 Å². The minimum Gasteiger partial charge on any atom is -0.390 e. The van der Waals surface area contributed by atoms with E-state index in [-0.39, 0.29) is 0 Å². The zero-order valence-corrected chi connectivity index (χ0v) is 12.6. The molecule has 0 radical (unpaired) electrons. The molecule has 2 bridgehead atoms. The minimum atomic E-state index is -0.541. The van der Waals surface area contributed by atoms with Crippen molar-refractivity contribution in [3.63, 3.8) is 0 Å². The molecule has 2 atom stereocenters. The lowest BCUT2D eigenvalue weighted by Gasteiger charge is -2.51. The molecule has 0 aromatic heterocycles. The third kappa shape index (κ3) is 3.37. The lowest BCUT2D eigenvalue weighted by molar-refractivity contribution is -0.147. The number of hydrogen-bond acceptors (Lipinski definition) is 3. The molecule has 0 amide bonds. The highest BCUT2D eigenvalue weighted by Gasteiger charge is 2.45. The summed E-state index contributed by atoms with van der Waals surface area (Å²) in [7, 11) is 0. The highest BCUT2D eigenvalue weighted by atomic mass is 16.5. The van der Waals surface area contributed by atoms with E-state index in [0.29, 0.717) is 12.1 Å². The summed E-state index contributed by atoms with van der Waals surface area (Å²) in [5.74, 6) is 0. The lowest BCUT2D eigenvalue weighted by atomic mass is 9.78. The van der Waals surface area contributed by atoms with Crippen molar-refractivity contribution in [1.82, 2.24) is 4.90 Å². The van der Waals surface area contributed by atoms with Crippen LogP contribution in [0.1, 0.15) is 31.2 Å². The molecule has 3 nitrogen and oxygen atoms in total. The maximum atomic E-state index is 10.9. The molecule has 2 aliphatic heterocycles. The molecular weight excluding hydrogens is 262 g/mol. The summed E-state index contributed by atoms with van der Waals surface area (Å²) in [5, 5.41) is 10.9. The first kappa shape index (κ1) is 14.8. The normalized spacial score (nSPS) is 32.8. The van der Waals surface area contributed by atoms with Crippen LogP contribution in [0.15, 0.2) is 43.0 Å². The molecule has 0 aliphatic carbocycles. The maximum Gasteiger partial charge on any atom is 0.0682 e. The number of benzene rings is 1. The van der Waals surface area contributed by atoms with Gasteiger partial charge in [0.05, 0.1) is 18.8 Å². The van der Waals surface area contributed by atoms with Gasteiger partial charge in [-0.2, -0.15) is 0 Å². The Hall–Kier alpha value is -1.16. The van der Waals surface area contributed by atoms with Gasteiger partial charge in [-0.15, -0.1) is 6.58 Å². The van der Waals surface area contributed by atoms with Gasteiger partial charge in [0.2, 0.25) is 0 Å². The molecule has 3 heteroatoms. The van der Waals surface area contributed by atoms with Gasteiger partial charge in [0.1, 0.15) is 0 Å². The van der Waals surface area contributed by atoms with Crippen LogP contribution in [0.4, 0.5) is 0 Å². The molecule has 1 aromatic carbocycles. The fourth-order valence-electron chi connectivity index (χ4n) is 3.77. The van der Waals surface area contributed by atoms with Gasteiger partial charge in [-0.1, -0.05) is 36.4 Å². The van der Waals surface area contributed by atoms with E-state index in [2.05, 4.69) is 41.8 Å². The Morgan fingerprint density at radius 3 is 2.52 bits per heavy atom. The number of morpholine rings is 1. The Kier molecular flexibility index (Phi) is 4.43. The van der Waals surface area contributed by atoms with Crippen molar-refractivity contribution in [3.05, 3.63) is 48.6 Å². The van der Waals surface area contributed by atoms with Crippen LogP contribution < -0.4 is 0 Å². The predicted molar refractivity (Wildman–Crippen MR) is 84.0 cm³/mol. The third-order valence-electron chi connectivity index (χ3n) is 4.81. The van der Waals surface area contributed by atoms with Gasteiger partial charge in [0.15, 0.2) is 0 Å². The van der Waals surface area contributed by atoms with Crippen LogP contribution in [-0.2, 0) is 11.3 Å². The van der Waals surface area contributed by atoms with E-state index in [1.807, 2.05) is 6.08 Å². The topological polar surface area (TPSA) is 32.7 Å². The molecular formula is C18H25NO2. The summed E-state index contributed by atoms with van der Waals surface area (Å²) < 4.78 is 5.73. The predicted octanol–water partition coefficient (Wildman–Crippen LogP) is 2.75. The molecule has 114 valence electrons. The molecule has 1 aromatic rings. The van der Waals surface area contributed by atoms with Crippen molar-refractivity contribution in [2.75, 3.05) is 13.2 Å². The number of allylic oxidation sites excluding steroid dienone is 1. The summed E-state index contributed by atoms with van der Waals surface area (Å²) >= 11 is 0. The van der Waals surface area contributed by atoms with E-state index in [0.717, 1.165) is 45.4 Å². The van der Waals surface area contributed by atoms with Crippen LogP contribution in [-0.4, -0.2) is 40.9 Å². The van der Waals surface area contributed by atoms with E-state index in [1.165, 1.54) is 5.56 Å². The van der Waals surface area contributed by atoms with Crippen molar-refractivity contribution in [2.24, 2.45) is 0 Å². The van der Waals surface area contributed by atoms with Crippen LogP contribution in [0.25, 0.3) is 0 Å². The smallest absolute Gasteiger partial charge is 0.0682 e. The van der Waals surface area contributed by atoms with E-state index in [9.17, 15) is 5.11 Å². The molecule has 2 heterocycles. The van der Waals surface area contributed by atoms with Crippen molar-refractivity contribution < 1.29 is 9.84 Å². The van der Waals surface area contributed by atoms with Crippen molar-refractivity contribution >= 4 is 0 Å². The number of piperidine rings is 1. The molecule has 1 N–H and O–H groups in total. The van der Waals surface area contributed by atoms with Gasteiger partial charge in [-0.3, -0.25) is 4.90 Å². The average molecular weight is 287 g/mol. The first-order valence-electron chi connectivity index (χ1n) is 7.91. The molecule has 0 spiro atoms. The molecule has 21 heavy (non-hydrogen) atoms. The van der Waals surface area contributed by atoms with Gasteiger partial charge in [0, 0.05) is 18.6 Å². The van der Waals surface area contributed by atoms with Crippen molar-refractivity contribution in [2.45, 2.75) is 49.9 Å². The zero-order valence-electron chi connectivity index (χ0n) is 12.6. The van der Waals surface area contributed by atoms with E-state index in [4.69, 9.17) is 4.74 Å². The summed E-state index contributed by atoms with van der Waals surface area (Å²) in [4.78, 5) is 2.53. The van der Waals surface area contributed by atoms with Gasteiger partial charge >= 0.3 is 0 Å². The first-order valence-corrected chi connectivity index (χ1v) is 7.91. The average Bonchev–Trinajstić information content (AvgIpc) is 2.48. The van der Waals surface area contributed by atoms with E-state index < -0.39 is 5.60 Å². The summed E-state index contributed by atoms with van der Waals surface area (Å²) in [6, 6.07) is 11.2. The Balaban J connectivity index is 1.71. The quantitative estimate of drug-likeness (QED) is 0.845. The number of aliphatic hydroxyl groups is 1. The molecule has 2 unspecified atom stereocenters. The number of hydrogen-bond donors (Lipinski definition) is 1. The zero-order chi connectivity index (χ0) is 14.7. The number of fused-ring (bicyclic) bond motifs is 2.